The summed E-state index contributed by atoms with van der Waals surface area (Å²) in [5, 5.41) is 10.3. The van der Waals surface area contributed by atoms with Gasteiger partial charge in [-0.1, -0.05) is 129 Å². The van der Waals surface area contributed by atoms with Crippen molar-refractivity contribution in [3.63, 3.8) is 0 Å². The number of aromatic nitrogens is 2. The molecule has 1 unspecified atom stereocenters. The Bertz CT molecular complexity index is 3770. The van der Waals surface area contributed by atoms with Crippen LogP contribution in [0.1, 0.15) is 42.5 Å². The number of rotatable bonds is 3. The normalized spacial score (nSPS) is 15.4. The van der Waals surface area contributed by atoms with Crippen LogP contribution in [0, 0.1) is 5.92 Å². The molecule has 0 radical (unpaired) electrons. The highest BCUT2D eigenvalue weighted by molar-refractivity contribution is 7.25. The van der Waals surface area contributed by atoms with Crippen LogP contribution in [0.3, 0.4) is 0 Å². The van der Waals surface area contributed by atoms with E-state index in [0.717, 1.165) is 47.5 Å². The largest absolute Gasteiger partial charge is 0.309 e. The van der Waals surface area contributed by atoms with Gasteiger partial charge in [-0.15, -0.1) is 11.3 Å². The van der Waals surface area contributed by atoms with Crippen LogP contribution in [0.5, 0.6) is 0 Å². The van der Waals surface area contributed by atoms with E-state index in [4.69, 9.17) is 4.99 Å². The third-order valence-electron chi connectivity index (χ3n) is 13.5. The first-order valence-electron chi connectivity index (χ1n) is 21.6. The zero-order valence-electron chi connectivity index (χ0n) is 34.1. The van der Waals surface area contributed by atoms with Gasteiger partial charge in [0.05, 0.1) is 27.8 Å². The summed E-state index contributed by atoms with van der Waals surface area (Å²) in [4.78, 5) is 5.76. The van der Waals surface area contributed by atoms with Crippen LogP contribution in [0.2, 0.25) is 0 Å². The fourth-order valence-electron chi connectivity index (χ4n) is 10.7. The van der Waals surface area contributed by atoms with E-state index in [-0.39, 0.29) is 0 Å². The van der Waals surface area contributed by atoms with Crippen molar-refractivity contribution < 1.29 is 0 Å². The summed E-state index contributed by atoms with van der Waals surface area (Å²) >= 11 is 1.87. The average Bonchev–Trinajstić information content (AvgIpc) is 3.92. The van der Waals surface area contributed by atoms with Crippen molar-refractivity contribution in [1.82, 2.24) is 9.13 Å². The van der Waals surface area contributed by atoms with Crippen LogP contribution >= 0.6 is 11.3 Å². The lowest BCUT2D eigenvalue weighted by Crippen LogP contribution is -2.15. The van der Waals surface area contributed by atoms with Crippen LogP contribution in [0.4, 0.5) is 5.69 Å². The molecule has 0 spiro atoms. The molecular weight excluding hydrogens is 759 g/mol. The number of fused-ring (bicyclic) bond motifs is 14. The molecule has 0 saturated carbocycles. The van der Waals surface area contributed by atoms with Crippen molar-refractivity contribution in [3.05, 3.63) is 192 Å². The molecule has 1 aliphatic carbocycles. The van der Waals surface area contributed by atoms with Gasteiger partial charge >= 0.3 is 0 Å². The predicted octanol–water partition coefficient (Wildman–Crippen LogP) is 15.6. The van der Waals surface area contributed by atoms with Gasteiger partial charge in [0.25, 0.3) is 0 Å². The van der Waals surface area contributed by atoms with Crippen LogP contribution in [-0.2, 0) is 12.8 Å². The Morgan fingerprint density at radius 1 is 0.607 bits per heavy atom. The Kier molecular flexibility index (Phi) is 7.56. The van der Waals surface area contributed by atoms with E-state index in [1.807, 2.05) is 11.3 Å². The van der Waals surface area contributed by atoms with Crippen LogP contribution in [-0.4, -0.2) is 15.0 Å². The fraction of sp³-hybridized carbons (Fsp3) is 0.105. The molecule has 3 nitrogen and oxygen atoms in total. The summed E-state index contributed by atoms with van der Waals surface area (Å²) in [6.07, 6.45) is 7.50. The number of aliphatic imine (C=N–C) groups is 1. The summed E-state index contributed by atoms with van der Waals surface area (Å²) in [6.45, 7) is 4.64. The van der Waals surface area contributed by atoms with Gasteiger partial charge in [-0.3, -0.25) is 4.57 Å². The summed E-state index contributed by atoms with van der Waals surface area (Å²) in [5.41, 5.74) is 14.9. The van der Waals surface area contributed by atoms with E-state index in [9.17, 15) is 0 Å². The minimum atomic E-state index is 0.508. The molecule has 290 valence electrons. The smallest absolute Gasteiger partial charge is 0.146 e. The molecule has 2 aliphatic rings. The predicted molar refractivity (Wildman–Crippen MR) is 262 cm³/mol. The number of thiophene rings is 1. The van der Waals surface area contributed by atoms with E-state index in [0.29, 0.717) is 5.92 Å². The van der Waals surface area contributed by atoms with Crippen molar-refractivity contribution in [1.29, 1.82) is 0 Å². The SMILES string of the molecule is CCC1=C(c2ccc3sc4ccccc4c3c2)C(n2c3ccc(-n4c5ccccc5c5c6c(ccc54)C=CC(C)C6)cc3c3c4ccccc4ccc32)=Nc2ccccc2C1. The molecule has 8 aromatic carbocycles. The van der Waals surface area contributed by atoms with Gasteiger partial charge < -0.3 is 4.57 Å². The van der Waals surface area contributed by atoms with Crippen LogP contribution in [0.25, 0.3) is 91.9 Å². The topological polar surface area (TPSA) is 22.2 Å². The Labute approximate surface area is 357 Å². The molecule has 11 aromatic rings. The number of nitrogens with zero attached hydrogens (tertiary/aromatic N) is 3. The summed E-state index contributed by atoms with van der Waals surface area (Å²) in [7, 11) is 0. The molecule has 0 saturated heterocycles. The fourth-order valence-corrected chi connectivity index (χ4v) is 11.8. The molecule has 0 amide bonds. The second kappa shape index (κ2) is 13.2. The maximum absolute atomic E-state index is 5.76. The maximum Gasteiger partial charge on any atom is 0.146 e. The Morgan fingerprint density at radius 3 is 2.26 bits per heavy atom. The van der Waals surface area contributed by atoms with E-state index < -0.39 is 0 Å². The first kappa shape index (κ1) is 34.8. The second-order valence-corrected chi connectivity index (χ2v) is 18.1. The van der Waals surface area contributed by atoms with Crippen LogP contribution in [0.15, 0.2) is 174 Å². The number of para-hydroxylation sites is 2. The zero-order valence-corrected chi connectivity index (χ0v) is 34.9. The number of hydrogen-bond donors (Lipinski definition) is 0. The molecule has 1 atom stereocenters. The lowest BCUT2D eigenvalue weighted by molar-refractivity contribution is 0.721. The van der Waals surface area contributed by atoms with Gasteiger partial charge in [0.15, 0.2) is 0 Å². The molecule has 0 fully saturated rings. The minimum Gasteiger partial charge on any atom is -0.309 e. The number of benzene rings is 8. The van der Waals surface area contributed by atoms with E-state index in [2.05, 4.69) is 193 Å². The molecule has 4 heteroatoms. The van der Waals surface area contributed by atoms with Crippen molar-refractivity contribution >= 4 is 109 Å². The third-order valence-corrected chi connectivity index (χ3v) is 14.7. The molecule has 0 bridgehead atoms. The first-order valence-corrected chi connectivity index (χ1v) is 22.4. The standard InChI is InChI=1S/C57H41N3S/c1-3-35-31-38-13-5-9-17-47(38)58-57(54(35)39-24-29-53-45(32-39)42-15-8-11-19-52(42)61-53)60-49-28-25-40(33-46(49)55-41-14-6-4-12-36(41)22-27-51(55)60)59-48-18-10-7-16-43(48)56-44-30-34(2)20-21-37(44)23-26-50(56)59/h4-29,32-34H,3,30-31H2,1-2H3. The molecule has 1 aliphatic heterocycles. The second-order valence-electron chi connectivity index (χ2n) is 17.0. The molecule has 61 heavy (non-hydrogen) atoms. The molecule has 13 rings (SSSR count). The van der Waals surface area contributed by atoms with E-state index >= 15 is 0 Å². The number of allylic oxidation sites excluding steroid dienone is 3. The zero-order chi connectivity index (χ0) is 40.3. The number of hydrogen-bond acceptors (Lipinski definition) is 2. The molecule has 3 aromatic heterocycles. The third kappa shape index (κ3) is 5.12. The maximum atomic E-state index is 5.76. The van der Waals surface area contributed by atoms with Crippen LogP contribution < -0.4 is 0 Å². The minimum absolute atomic E-state index is 0.508. The summed E-state index contributed by atoms with van der Waals surface area (Å²) in [6, 6.07) is 59.0. The Hall–Kier alpha value is -7.01. The lowest BCUT2D eigenvalue weighted by Gasteiger charge is -2.19. The quantitative estimate of drug-likeness (QED) is 0.170. The van der Waals surface area contributed by atoms with Crippen molar-refractivity contribution in [2.24, 2.45) is 10.9 Å². The first-order chi connectivity index (χ1) is 30.1. The summed E-state index contributed by atoms with van der Waals surface area (Å²) < 4.78 is 7.62. The van der Waals surface area contributed by atoms with Crippen molar-refractivity contribution in [3.8, 4) is 5.69 Å². The monoisotopic (exact) mass is 799 g/mol. The highest BCUT2D eigenvalue weighted by Crippen LogP contribution is 2.44. The Balaban J connectivity index is 1.13. The summed E-state index contributed by atoms with van der Waals surface area (Å²) in [5.74, 6) is 1.49. The van der Waals surface area contributed by atoms with Gasteiger partial charge in [-0.25, -0.2) is 4.99 Å². The molecule has 4 heterocycles. The average molecular weight is 800 g/mol. The van der Waals surface area contributed by atoms with Gasteiger partial charge in [0, 0.05) is 53.0 Å². The van der Waals surface area contributed by atoms with E-state index in [1.165, 1.54) is 96.9 Å². The highest BCUT2D eigenvalue weighted by Gasteiger charge is 2.27. The van der Waals surface area contributed by atoms with Crippen molar-refractivity contribution in [2.75, 3.05) is 0 Å². The van der Waals surface area contributed by atoms with Gasteiger partial charge in [0.1, 0.15) is 5.84 Å². The molecule has 0 N–H and O–H groups in total. The lowest BCUT2D eigenvalue weighted by atomic mass is 9.88. The Morgan fingerprint density at radius 2 is 1.34 bits per heavy atom. The highest BCUT2D eigenvalue weighted by atomic mass is 32.1. The van der Waals surface area contributed by atoms with Crippen molar-refractivity contribution in [2.45, 2.75) is 33.1 Å². The molecular formula is C57H41N3S. The van der Waals surface area contributed by atoms with Gasteiger partial charge in [-0.05, 0) is 119 Å². The van der Waals surface area contributed by atoms with Gasteiger partial charge in [-0.2, -0.15) is 0 Å². The van der Waals surface area contributed by atoms with Gasteiger partial charge in [0.2, 0.25) is 0 Å². The van der Waals surface area contributed by atoms with E-state index in [1.54, 1.807) is 0 Å².